The van der Waals surface area contributed by atoms with E-state index in [9.17, 15) is 9.59 Å². The molecular weight excluding hydrogens is 337 g/mol. The minimum atomic E-state index is -0.510. The summed E-state index contributed by atoms with van der Waals surface area (Å²) in [6.07, 6.45) is 2.93. The van der Waals surface area contributed by atoms with Crippen molar-refractivity contribution in [3.05, 3.63) is 69.7 Å². The molecule has 2 aromatic carbocycles. The topological polar surface area (TPSA) is 55.4 Å². The number of methoxy groups -OCH3 is 1. The number of rotatable bonds is 4. The highest BCUT2D eigenvalue weighted by Gasteiger charge is 2.10. The molecule has 0 aliphatic rings. The smallest absolute Gasteiger partial charge is 0.337 e. The normalized spacial score (nSPS) is 10.6. The summed E-state index contributed by atoms with van der Waals surface area (Å²) in [6.45, 7) is 0. The molecule has 0 unspecified atom stereocenters. The lowest BCUT2D eigenvalue weighted by molar-refractivity contribution is -0.111. The molecule has 2 aromatic rings. The van der Waals surface area contributed by atoms with Crippen LogP contribution < -0.4 is 5.32 Å². The fraction of sp³-hybridized carbons (Fsp3) is 0.0588. The number of carbonyl (C=O) groups is 2. The van der Waals surface area contributed by atoms with E-state index in [1.54, 1.807) is 24.3 Å². The summed E-state index contributed by atoms with van der Waals surface area (Å²) in [5.74, 6) is -0.905. The fourth-order valence-electron chi connectivity index (χ4n) is 1.82. The van der Waals surface area contributed by atoms with Crippen LogP contribution in [0.15, 0.2) is 48.5 Å². The molecule has 1 amide bonds. The molecule has 0 fully saturated rings. The maximum absolute atomic E-state index is 12.0. The SMILES string of the molecule is COC(=O)c1ccc(Cl)c(NC(=O)/C=C/c2ccccc2Cl)c1. The van der Waals surface area contributed by atoms with Gasteiger partial charge in [-0.05, 0) is 35.9 Å². The van der Waals surface area contributed by atoms with Crippen molar-refractivity contribution >= 4 is 46.8 Å². The maximum atomic E-state index is 12.0. The quantitative estimate of drug-likeness (QED) is 0.656. The number of nitrogens with one attached hydrogen (secondary N) is 1. The molecule has 0 bridgehead atoms. The van der Waals surface area contributed by atoms with Crippen LogP contribution in [0, 0.1) is 0 Å². The molecule has 0 aromatic heterocycles. The van der Waals surface area contributed by atoms with Gasteiger partial charge in [-0.15, -0.1) is 0 Å². The zero-order valence-corrected chi connectivity index (χ0v) is 13.7. The van der Waals surface area contributed by atoms with Gasteiger partial charge in [-0.1, -0.05) is 41.4 Å². The van der Waals surface area contributed by atoms with Gasteiger partial charge >= 0.3 is 5.97 Å². The first-order chi connectivity index (χ1) is 11.0. The summed E-state index contributed by atoms with van der Waals surface area (Å²) in [5, 5.41) is 3.47. The van der Waals surface area contributed by atoms with E-state index in [1.165, 1.54) is 31.4 Å². The fourth-order valence-corrected chi connectivity index (χ4v) is 2.18. The van der Waals surface area contributed by atoms with Crippen LogP contribution in [0.1, 0.15) is 15.9 Å². The third-order valence-corrected chi connectivity index (χ3v) is 3.64. The van der Waals surface area contributed by atoms with Gasteiger partial charge in [-0.3, -0.25) is 4.79 Å². The highest BCUT2D eigenvalue weighted by Crippen LogP contribution is 2.23. The lowest BCUT2D eigenvalue weighted by Gasteiger charge is -2.07. The van der Waals surface area contributed by atoms with E-state index < -0.39 is 11.9 Å². The number of halogens is 2. The van der Waals surface area contributed by atoms with Gasteiger partial charge in [0.25, 0.3) is 0 Å². The molecule has 0 radical (unpaired) electrons. The highest BCUT2D eigenvalue weighted by atomic mass is 35.5. The van der Waals surface area contributed by atoms with Crippen LogP contribution >= 0.6 is 23.2 Å². The number of carbonyl (C=O) groups excluding carboxylic acids is 2. The Labute approximate surface area is 143 Å². The Morgan fingerprint density at radius 2 is 1.83 bits per heavy atom. The molecule has 0 atom stereocenters. The van der Waals surface area contributed by atoms with Crippen LogP contribution in [0.3, 0.4) is 0 Å². The molecule has 0 saturated carbocycles. The Kier molecular flexibility index (Phi) is 5.79. The standard InChI is InChI=1S/C17H13Cl2NO3/c1-23-17(22)12-6-8-14(19)15(10-12)20-16(21)9-7-11-4-2-3-5-13(11)18/h2-10H,1H3,(H,20,21)/b9-7+. The highest BCUT2D eigenvalue weighted by molar-refractivity contribution is 6.34. The zero-order valence-electron chi connectivity index (χ0n) is 12.2. The Hall–Kier alpha value is -2.30. The molecular formula is C17H13Cl2NO3. The molecule has 0 spiro atoms. The van der Waals surface area contributed by atoms with Crippen LogP contribution in [0.2, 0.25) is 10.0 Å². The van der Waals surface area contributed by atoms with E-state index in [0.29, 0.717) is 21.3 Å². The monoisotopic (exact) mass is 349 g/mol. The average molecular weight is 350 g/mol. The van der Waals surface area contributed by atoms with Gasteiger partial charge in [0, 0.05) is 11.1 Å². The number of amides is 1. The van der Waals surface area contributed by atoms with Gasteiger partial charge in [0.2, 0.25) is 5.91 Å². The Morgan fingerprint density at radius 1 is 1.09 bits per heavy atom. The molecule has 2 rings (SSSR count). The third-order valence-electron chi connectivity index (χ3n) is 2.96. The summed E-state index contributed by atoms with van der Waals surface area (Å²) in [4.78, 5) is 23.5. The molecule has 0 aliphatic carbocycles. The number of ether oxygens (including phenoxy) is 1. The summed E-state index contributed by atoms with van der Waals surface area (Å²) >= 11 is 12.0. The van der Waals surface area contributed by atoms with E-state index in [4.69, 9.17) is 23.2 Å². The van der Waals surface area contributed by atoms with Gasteiger partial charge in [0.15, 0.2) is 0 Å². The molecule has 0 saturated heterocycles. The van der Waals surface area contributed by atoms with Gasteiger partial charge in [-0.2, -0.15) is 0 Å². The molecule has 118 valence electrons. The second kappa shape index (κ2) is 7.81. The first-order valence-electron chi connectivity index (χ1n) is 6.62. The van der Waals surface area contributed by atoms with Crippen molar-refractivity contribution in [2.45, 2.75) is 0 Å². The Morgan fingerprint density at radius 3 is 2.52 bits per heavy atom. The Bertz CT molecular complexity index is 772. The van der Waals surface area contributed by atoms with Gasteiger partial charge in [-0.25, -0.2) is 4.79 Å². The molecule has 4 nitrogen and oxygen atoms in total. The number of hydrogen-bond acceptors (Lipinski definition) is 3. The van der Waals surface area contributed by atoms with Gasteiger partial charge < -0.3 is 10.1 Å². The molecule has 0 heterocycles. The third kappa shape index (κ3) is 4.58. The average Bonchev–Trinajstić information content (AvgIpc) is 2.55. The molecule has 0 aliphatic heterocycles. The number of benzene rings is 2. The lowest BCUT2D eigenvalue weighted by atomic mass is 10.2. The first-order valence-corrected chi connectivity index (χ1v) is 7.38. The predicted octanol–water partition coefficient (Wildman–Crippen LogP) is 4.43. The van der Waals surface area contributed by atoms with Crippen molar-refractivity contribution in [2.75, 3.05) is 12.4 Å². The first kappa shape index (κ1) is 17.1. The van der Waals surface area contributed by atoms with Crippen molar-refractivity contribution in [1.29, 1.82) is 0 Å². The van der Waals surface area contributed by atoms with Gasteiger partial charge in [0.05, 0.1) is 23.4 Å². The van der Waals surface area contributed by atoms with Crippen molar-refractivity contribution < 1.29 is 14.3 Å². The second-order valence-corrected chi connectivity index (χ2v) is 5.34. The van der Waals surface area contributed by atoms with Crippen molar-refractivity contribution in [2.24, 2.45) is 0 Å². The van der Waals surface area contributed by atoms with E-state index in [1.807, 2.05) is 6.07 Å². The zero-order chi connectivity index (χ0) is 16.8. The van der Waals surface area contributed by atoms with Crippen LogP contribution in [-0.2, 0) is 9.53 Å². The van der Waals surface area contributed by atoms with Gasteiger partial charge in [0.1, 0.15) is 0 Å². The number of anilines is 1. The number of esters is 1. The minimum absolute atomic E-state index is 0.294. The van der Waals surface area contributed by atoms with Crippen molar-refractivity contribution in [3.8, 4) is 0 Å². The van der Waals surface area contributed by atoms with Crippen LogP contribution in [0.4, 0.5) is 5.69 Å². The van der Waals surface area contributed by atoms with E-state index in [-0.39, 0.29) is 0 Å². The predicted molar refractivity (Wildman–Crippen MR) is 91.9 cm³/mol. The van der Waals surface area contributed by atoms with Crippen molar-refractivity contribution in [3.63, 3.8) is 0 Å². The summed E-state index contributed by atoms with van der Waals surface area (Å²) in [6, 6.07) is 11.6. The second-order valence-electron chi connectivity index (χ2n) is 4.53. The van der Waals surface area contributed by atoms with Crippen LogP contribution in [0.25, 0.3) is 6.08 Å². The number of hydrogen-bond donors (Lipinski definition) is 1. The summed E-state index contributed by atoms with van der Waals surface area (Å²) in [7, 11) is 1.28. The molecule has 23 heavy (non-hydrogen) atoms. The maximum Gasteiger partial charge on any atom is 0.337 e. The van der Waals surface area contributed by atoms with E-state index >= 15 is 0 Å². The summed E-state index contributed by atoms with van der Waals surface area (Å²) < 4.78 is 4.63. The molecule has 1 N–H and O–H groups in total. The summed E-state index contributed by atoms with van der Waals surface area (Å²) in [5.41, 5.74) is 1.34. The Balaban J connectivity index is 2.14. The largest absolute Gasteiger partial charge is 0.465 e. The van der Waals surface area contributed by atoms with Crippen molar-refractivity contribution in [1.82, 2.24) is 0 Å². The van der Waals surface area contributed by atoms with Crippen LogP contribution in [-0.4, -0.2) is 19.0 Å². The lowest BCUT2D eigenvalue weighted by Crippen LogP contribution is -2.09. The molecule has 6 heteroatoms. The minimum Gasteiger partial charge on any atom is -0.465 e. The van der Waals surface area contributed by atoms with E-state index in [0.717, 1.165) is 5.56 Å². The van der Waals surface area contributed by atoms with Crippen LogP contribution in [0.5, 0.6) is 0 Å². The van der Waals surface area contributed by atoms with E-state index in [2.05, 4.69) is 10.1 Å².